The fraction of sp³-hybridized carbons (Fsp3) is 0.167. The molecule has 3 rings (SSSR count). The van der Waals surface area contributed by atoms with Gasteiger partial charge in [-0.15, -0.1) is 0 Å². The van der Waals surface area contributed by atoms with E-state index in [0.717, 1.165) is 5.56 Å². The zero-order valence-electron chi connectivity index (χ0n) is 17.0. The molecule has 0 spiro atoms. The van der Waals surface area contributed by atoms with Gasteiger partial charge in [0, 0.05) is 42.3 Å². The third kappa shape index (κ3) is 5.98. The average molecular weight is 413 g/mol. The number of rotatable bonds is 8. The van der Waals surface area contributed by atoms with Crippen molar-refractivity contribution in [3.05, 3.63) is 95.3 Å². The van der Waals surface area contributed by atoms with Crippen LogP contribution < -0.4 is 11.1 Å². The van der Waals surface area contributed by atoms with Crippen molar-refractivity contribution < 1.29 is 9.59 Å². The number of carbonyl (C=O) groups excluding carboxylic acids is 2. The van der Waals surface area contributed by atoms with Crippen LogP contribution in [0.5, 0.6) is 0 Å². The van der Waals surface area contributed by atoms with Gasteiger partial charge in [-0.1, -0.05) is 12.1 Å². The van der Waals surface area contributed by atoms with Crippen LogP contribution in [0, 0.1) is 11.3 Å². The number of nitrogens with zero attached hydrogens (tertiary/aromatic N) is 3. The van der Waals surface area contributed by atoms with Crippen LogP contribution in [-0.4, -0.2) is 34.8 Å². The number of benzene rings is 2. The van der Waals surface area contributed by atoms with Gasteiger partial charge in [-0.05, 0) is 67.1 Å². The Labute approximate surface area is 181 Å². The Hall–Kier alpha value is -4.02. The molecule has 3 aromatic rings. The van der Waals surface area contributed by atoms with Gasteiger partial charge in [0.1, 0.15) is 0 Å². The third-order valence-electron chi connectivity index (χ3n) is 4.68. The molecule has 0 atom stereocenters. The van der Waals surface area contributed by atoms with Crippen molar-refractivity contribution in [2.24, 2.45) is 5.73 Å². The van der Waals surface area contributed by atoms with Crippen LogP contribution in [-0.2, 0) is 6.54 Å². The predicted octanol–water partition coefficient (Wildman–Crippen LogP) is 3.20. The Kier molecular flexibility index (Phi) is 7.46. The van der Waals surface area contributed by atoms with Gasteiger partial charge in [0.15, 0.2) is 0 Å². The summed E-state index contributed by atoms with van der Waals surface area (Å²) < 4.78 is 0. The van der Waals surface area contributed by atoms with Crippen LogP contribution in [0.4, 0.5) is 5.69 Å². The average Bonchev–Trinajstić information content (AvgIpc) is 2.82. The molecule has 0 saturated carbocycles. The van der Waals surface area contributed by atoms with E-state index in [0.29, 0.717) is 48.4 Å². The van der Waals surface area contributed by atoms with Crippen molar-refractivity contribution in [1.82, 2.24) is 9.88 Å². The maximum atomic E-state index is 13.0. The minimum absolute atomic E-state index is 0.135. The topological polar surface area (TPSA) is 112 Å². The summed E-state index contributed by atoms with van der Waals surface area (Å²) in [7, 11) is 0. The zero-order valence-corrected chi connectivity index (χ0v) is 17.0. The molecule has 2 amide bonds. The van der Waals surface area contributed by atoms with Gasteiger partial charge in [-0.25, -0.2) is 0 Å². The number of hydrogen-bond acceptors (Lipinski definition) is 5. The number of amides is 2. The van der Waals surface area contributed by atoms with E-state index < -0.39 is 0 Å². The van der Waals surface area contributed by atoms with Crippen molar-refractivity contribution in [1.29, 1.82) is 5.26 Å². The molecular formula is C24H23N5O2. The lowest BCUT2D eigenvalue weighted by Crippen LogP contribution is -2.32. The molecule has 0 saturated heterocycles. The van der Waals surface area contributed by atoms with Gasteiger partial charge in [0.2, 0.25) is 0 Å². The number of carbonyl (C=O) groups is 2. The first kappa shape index (κ1) is 21.7. The molecule has 0 aliphatic rings. The first-order chi connectivity index (χ1) is 15.1. The maximum absolute atomic E-state index is 13.0. The molecule has 1 heterocycles. The van der Waals surface area contributed by atoms with Gasteiger partial charge in [-0.3, -0.25) is 14.6 Å². The Bertz CT molecular complexity index is 1080. The third-order valence-corrected chi connectivity index (χ3v) is 4.68. The minimum Gasteiger partial charge on any atom is -0.334 e. The second-order valence-electron chi connectivity index (χ2n) is 6.95. The summed E-state index contributed by atoms with van der Waals surface area (Å²) in [6, 6.07) is 19.3. The SMILES string of the molecule is N#Cc1ccc(C(=O)N(CCCN)Cc2cccc(NC(=O)c3ccncc3)c2)cc1. The van der Waals surface area contributed by atoms with Crippen molar-refractivity contribution in [2.45, 2.75) is 13.0 Å². The molecule has 3 N–H and O–H groups in total. The fourth-order valence-electron chi connectivity index (χ4n) is 3.08. The van der Waals surface area contributed by atoms with Crippen LogP contribution in [0.25, 0.3) is 0 Å². The van der Waals surface area contributed by atoms with E-state index in [1.54, 1.807) is 59.8 Å². The number of aromatic nitrogens is 1. The molecule has 0 aliphatic carbocycles. The molecule has 7 heteroatoms. The number of nitrogens with one attached hydrogen (secondary N) is 1. The Morgan fingerprint density at radius 2 is 1.77 bits per heavy atom. The molecule has 2 aromatic carbocycles. The van der Waals surface area contributed by atoms with E-state index >= 15 is 0 Å². The highest BCUT2D eigenvalue weighted by atomic mass is 16.2. The van der Waals surface area contributed by atoms with E-state index in [9.17, 15) is 9.59 Å². The molecule has 31 heavy (non-hydrogen) atoms. The summed E-state index contributed by atoms with van der Waals surface area (Å²) in [6.45, 7) is 1.35. The molecule has 0 aliphatic heterocycles. The summed E-state index contributed by atoms with van der Waals surface area (Å²) in [5.41, 5.74) is 8.71. The summed E-state index contributed by atoms with van der Waals surface area (Å²) in [6.07, 6.45) is 3.80. The molecule has 7 nitrogen and oxygen atoms in total. The van der Waals surface area contributed by atoms with Crippen LogP contribution in [0.1, 0.15) is 38.3 Å². The molecule has 156 valence electrons. The van der Waals surface area contributed by atoms with Crippen molar-refractivity contribution in [3.63, 3.8) is 0 Å². The number of hydrogen-bond donors (Lipinski definition) is 2. The van der Waals surface area contributed by atoms with Gasteiger partial charge < -0.3 is 16.0 Å². The number of pyridine rings is 1. The van der Waals surface area contributed by atoms with Crippen molar-refractivity contribution in [2.75, 3.05) is 18.4 Å². The predicted molar refractivity (Wildman–Crippen MR) is 118 cm³/mol. The molecular weight excluding hydrogens is 390 g/mol. The Morgan fingerprint density at radius 3 is 2.45 bits per heavy atom. The maximum Gasteiger partial charge on any atom is 0.255 e. The summed E-state index contributed by atoms with van der Waals surface area (Å²) >= 11 is 0. The molecule has 0 radical (unpaired) electrons. The van der Waals surface area contributed by atoms with Crippen molar-refractivity contribution >= 4 is 17.5 Å². The first-order valence-electron chi connectivity index (χ1n) is 9.90. The highest BCUT2D eigenvalue weighted by Gasteiger charge is 2.16. The second kappa shape index (κ2) is 10.7. The Morgan fingerprint density at radius 1 is 1.03 bits per heavy atom. The van der Waals surface area contributed by atoms with Gasteiger partial charge in [0.05, 0.1) is 11.6 Å². The summed E-state index contributed by atoms with van der Waals surface area (Å²) in [4.78, 5) is 31.1. The first-order valence-corrected chi connectivity index (χ1v) is 9.90. The molecule has 1 aromatic heterocycles. The van der Waals surface area contributed by atoms with Crippen LogP contribution in [0.3, 0.4) is 0 Å². The van der Waals surface area contributed by atoms with Crippen LogP contribution in [0.2, 0.25) is 0 Å². The van der Waals surface area contributed by atoms with Crippen LogP contribution >= 0.6 is 0 Å². The summed E-state index contributed by atoms with van der Waals surface area (Å²) in [5.74, 6) is -0.364. The standard InChI is InChI=1S/C24H23N5O2/c25-11-2-14-29(24(31)21-7-5-18(16-26)6-8-21)17-19-3-1-4-22(15-19)28-23(30)20-9-12-27-13-10-20/h1,3-10,12-13,15H,2,11,14,17,25H2,(H,28,30). The second-order valence-corrected chi connectivity index (χ2v) is 6.95. The monoisotopic (exact) mass is 413 g/mol. The molecule has 0 fully saturated rings. The van der Waals surface area contributed by atoms with Gasteiger partial charge >= 0.3 is 0 Å². The van der Waals surface area contributed by atoms with Crippen LogP contribution in [0.15, 0.2) is 73.1 Å². The van der Waals surface area contributed by atoms with E-state index in [2.05, 4.69) is 16.4 Å². The largest absolute Gasteiger partial charge is 0.334 e. The van der Waals surface area contributed by atoms with Gasteiger partial charge in [-0.2, -0.15) is 5.26 Å². The Balaban J connectivity index is 1.75. The lowest BCUT2D eigenvalue weighted by molar-refractivity contribution is 0.0742. The molecule has 0 bridgehead atoms. The highest BCUT2D eigenvalue weighted by Crippen LogP contribution is 2.16. The number of nitriles is 1. The lowest BCUT2D eigenvalue weighted by atomic mass is 10.1. The molecule has 0 unspecified atom stereocenters. The quantitative estimate of drug-likeness (QED) is 0.589. The number of nitrogens with two attached hydrogens (primary N) is 1. The normalized spacial score (nSPS) is 10.2. The van der Waals surface area contributed by atoms with E-state index in [4.69, 9.17) is 11.0 Å². The van der Waals surface area contributed by atoms with E-state index in [1.807, 2.05) is 18.2 Å². The van der Waals surface area contributed by atoms with Gasteiger partial charge in [0.25, 0.3) is 11.8 Å². The highest BCUT2D eigenvalue weighted by molar-refractivity contribution is 6.04. The fourth-order valence-corrected chi connectivity index (χ4v) is 3.08. The lowest BCUT2D eigenvalue weighted by Gasteiger charge is -2.23. The smallest absolute Gasteiger partial charge is 0.255 e. The summed E-state index contributed by atoms with van der Waals surface area (Å²) in [5, 5.41) is 11.8. The van der Waals surface area contributed by atoms with Crippen molar-refractivity contribution in [3.8, 4) is 6.07 Å². The van der Waals surface area contributed by atoms with E-state index in [-0.39, 0.29) is 11.8 Å². The van der Waals surface area contributed by atoms with E-state index in [1.165, 1.54) is 0 Å². The minimum atomic E-state index is -0.229. The number of anilines is 1. The zero-order chi connectivity index (χ0) is 22.1.